The van der Waals surface area contributed by atoms with Crippen molar-refractivity contribution in [1.29, 1.82) is 0 Å². The number of carboxylic acid groups (broad SMARTS) is 1. The largest absolute Gasteiger partial charge is 0.480 e. The Balaban J connectivity index is 3.60. The number of carbonyl (C=O) groups excluding carboxylic acids is 1. The van der Waals surface area contributed by atoms with E-state index in [-0.39, 0.29) is 18.0 Å². The van der Waals surface area contributed by atoms with Gasteiger partial charge in [0.05, 0.1) is 0 Å². The van der Waals surface area contributed by atoms with Crippen LogP contribution in [0.2, 0.25) is 0 Å². The van der Waals surface area contributed by atoms with Gasteiger partial charge in [-0.15, -0.1) is 0 Å². The summed E-state index contributed by atoms with van der Waals surface area (Å²) >= 11 is 0. The first-order chi connectivity index (χ1) is 7.22. The van der Waals surface area contributed by atoms with E-state index in [1.54, 1.807) is 0 Å². The smallest absolute Gasteiger partial charge is 0.321 e. The Kier molecular flexibility index (Phi) is 5.98. The van der Waals surface area contributed by atoms with Gasteiger partial charge in [0.25, 0.3) is 0 Å². The minimum Gasteiger partial charge on any atom is -0.480 e. The number of hydrogen-bond donors (Lipinski definition) is 4. The lowest BCUT2D eigenvalue weighted by Crippen LogP contribution is -2.43. The molecule has 0 saturated carbocycles. The molecule has 0 rings (SSSR count). The molecule has 0 aromatic rings. The van der Waals surface area contributed by atoms with Gasteiger partial charge in [-0.1, -0.05) is 0 Å². The lowest BCUT2D eigenvalue weighted by molar-refractivity contribution is -0.138. The normalized spacial score (nSPS) is 13.2. The zero-order valence-corrected chi connectivity index (χ0v) is 10.0. The molecule has 0 aliphatic rings. The van der Waals surface area contributed by atoms with Gasteiger partial charge in [0, 0.05) is 25.0 Å². The Hall–Kier alpha value is -1.14. The zero-order chi connectivity index (χ0) is 12.8. The van der Waals surface area contributed by atoms with Gasteiger partial charge in [0.2, 0.25) is 5.91 Å². The molecule has 0 saturated heterocycles. The van der Waals surface area contributed by atoms with E-state index in [4.69, 9.17) is 10.8 Å². The van der Waals surface area contributed by atoms with E-state index in [0.29, 0.717) is 13.0 Å². The van der Waals surface area contributed by atoms with Crippen LogP contribution < -0.4 is 16.4 Å². The molecule has 1 unspecified atom stereocenters. The molecule has 0 radical (unpaired) electrons. The molecule has 1 amide bonds. The van der Waals surface area contributed by atoms with E-state index in [9.17, 15) is 9.59 Å². The van der Waals surface area contributed by atoms with Crippen LogP contribution in [0.15, 0.2) is 0 Å². The number of carboxylic acids is 1. The minimum absolute atomic E-state index is 0.0658. The first-order valence-corrected chi connectivity index (χ1v) is 5.22. The molecule has 0 aliphatic carbocycles. The third-order valence-corrected chi connectivity index (χ3v) is 1.72. The SMILES string of the molecule is CC(C)(C)NC(=O)CCNCC(N)C(=O)O. The molecule has 6 heteroatoms. The van der Waals surface area contributed by atoms with Crippen molar-refractivity contribution >= 4 is 11.9 Å². The summed E-state index contributed by atoms with van der Waals surface area (Å²) in [6, 6.07) is -0.925. The van der Waals surface area contributed by atoms with Crippen molar-refractivity contribution in [2.45, 2.75) is 38.8 Å². The molecular formula is C10H21N3O3. The zero-order valence-electron chi connectivity index (χ0n) is 10.0. The third kappa shape index (κ3) is 8.19. The number of amides is 1. The van der Waals surface area contributed by atoms with Crippen LogP contribution in [0, 0.1) is 0 Å². The van der Waals surface area contributed by atoms with E-state index in [1.165, 1.54) is 0 Å². The van der Waals surface area contributed by atoms with Crippen LogP contribution in [0.25, 0.3) is 0 Å². The van der Waals surface area contributed by atoms with Gasteiger partial charge >= 0.3 is 5.97 Å². The molecule has 0 heterocycles. The third-order valence-electron chi connectivity index (χ3n) is 1.72. The quantitative estimate of drug-likeness (QED) is 0.452. The van der Waals surface area contributed by atoms with Gasteiger partial charge in [0.15, 0.2) is 0 Å². The molecule has 0 aliphatic heterocycles. The minimum atomic E-state index is -1.05. The van der Waals surface area contributed by atoms with Crippen LogP contribution in [0.4, 0.5) is 0 Å². The summed E-state index contributed by atoms with van der Waals surface area (Å²) in [6.07, 6.45) is 0.309. The first-order valence-electron chi connectivity index (χ1n) is 5.22. The van der Waals surface area contributed by atoms with Crippen LogP contribution >= 0.6 is 0 Å². The van der Waals surface area contributed by atoms with Crippen LogP contribution in [-0.4, -0.2) is 41.7 Å². The highest BCUT2D eigenvalue weighted by molar-refractivity contribution is 5.76. The van der Waals surface area contributed by atoms with Crippen molar-refractivity contribution in [3.8, 4) is 0 Å². The highest BCUT2D eigenvalue weighted by atomic mass is 16.4. The Morgan fingerprint density at radius 2 is 1.94 bits per heavy atom. The van der Waals surface area contributed by atoms with Crippen molar-refractivity contribution in [3.05, 3.63) is 0 Å². The maximum atomic E-state index is 11.3. The highest BCUT2D eigenvalue weighted by Gasteiger charge is 2.14. The van der Waals surface area contributed by atoms with E-state index < -0.39 is 12.0 Å². The van der Waals surface area contributed by atoms with Gasteiger partial charge < -0.3 is 21.5 Å². The fraction of sp³-hybridized carbons (Fsp3) is 0.800. The molecule has 1 atom stereocenters. The Bertz CT molecular complexity index is 248. The molecule has 94 valence electrons. The van der Waals surface area contributed by atoms with Gasteiger partial charge in [0.1, 0.15) is 6.04 Å². The van der Waals surface area contributed by atoms with Crippen molar-refractivity contribution in [2.24, 2.45) is 5.73 Å². The Morgan fingerprint density at radius 3 is 2.38 bits per heavy atom. The second-order valence-electron chi connectivity index (χ2n) is 4.70. The molecule has 0 spiro atoms. The summed E-state index contributed by atoms with van der Waals surface area (Å²) in [5, 5.41) is 14.1. The number of aliphatic carboxylic acids is 1. The number of carbonyl (C=O) groups is 2. The molecular weight excluding hydrogens is 210 g/mol. The van der Waals surface area contributed by atoms with Crippen molar-refractivity contribution in [3.63, 3.8) is 0 Å². The average molecular weight is 231 g/mol. The molecule has 0 aromatic carbocycles. The molecule has 16 heavy (non-hydrogen) atoms. The predicted molar refractivity (Wildman–Crippen MR) is 61.0 cm³/mol. The first kappa shape index (κ1) is 14.9. The van der Waals surface area contributed by atoms with Gasteiger partial charge in [-0.2, -0.15) is 0 Å². The van der Waals surface area contributed by atoms with Crippen molar-refractivity contribution < 1.29 is 14.7 Å². The van der Waals surface area contributed by atoms with Gasteiger partial charge in [-0.25, -0.2) is 0 Å². The number of rotatable bonds is 6. The van der Waals surface area contributed by atoms with Crippen molar-refractivity contribution in [2.75, 3.05) is 13.1 Å². The fourth-order valence-corrected chi connectivity index (χ4v) is 1.03. The topological polar surface area (TPSA) is 104 Å². The molecule has 0 fully saturated rings. The maximum Gasteiger partial charge on any atom is 0.321 e. The molecule has 0 aromatic heterocycles. The van der Waals surface area contributed by atoms with Crippen LogP contribution in [0.3, 0.4) is 0 Å². The number of hydrogen-bond acceptors (Lipinski definition) is 4. The highest BCUT2D eigenvalue weighted by Crippen LogP contribution is 1.98. The monoisotopic (exact) mass is 231 g/mol. The van der Waals surface area contributed by atoms with E-state index in [1.807, 2.05) is 20.8 Å². The standard InChI is InChI=1S/C10H21N3O3/c1-10(2,3)13-8(14)4-5-12-6-7(11)9(15)16/h7,12H,4-6,11H2,1-3H3,(H,13,14)(H,15,16). The average Bonchev–Trinajstić information content (AvgIpc) is 2.08. The van der Waals surface area contributed by atoms with Crippen LogP contribution in [-0.2, 0) is 9.59 Å². The summed E-state index contributed by atoms with van der Waals surface area (Å²) in [7, 11) is 0. The molecule has 0 bridgehead atoms. The molecule has 6 nitrogen and oxygen atoms in total. The number of nitrogens with two attached hydrogens (primary N) is 1. The fourth-order valence-electron chi connectivity index (χ4n) is 1.03. The summed E-state index contributed by atoms with van der Waals surface area (Å²) in [5.74, 6) is -1.12. The lowest BCUT2D eigenvalue weighted by atomic mass is 10.1. The van der Waals surface area contributed by atoms with Gasteiger partial charge in [-0.3, -0.25) is 9.59 Å². The molecule has 5 N–H and O–H groups in total. The summed E-state index contributed by atoms with van der Waals surface area (Å²) in [6.45, 7) is 6.29. The summed E-state index contributed by atoms with van der Waals surface area (Å²) in [5.41, 5.74) is 5.03. The second-order valence-corrected chi connectivity index (χ2v) is 4.70. The Labute approximate surface area is 95.6 Å². The lowest BCUT2D eigenvalue weighted by Gasteiger charge is -2.20. The number of nitrogens with one attached hydrogen (secondary N) is 2. The van der Waals surface area contributed by atoms with E-state index in [2.05, 4.69) is 10.6 Å². The summed E-state index contributed by atoms with van der Waals surface area (Å²) in [4.78, 5) is 21.7. The van der Waals surface area contributed by atoms with E-state index in [0.717, 1.165) is 0 Å². The summed E-state index contributed by atoms with van der Waals surface area (Å²) < 4.78 is 0. The van der Waals surface area contributed by atoms with Gasteiger partial charge in [-0.05, 0) is 20.8 Å². The maximum absolute atomic E-state index is 11.3. The van der Waals surface area contributed by atoms with Crippen LogP contribution in [0.1, 0.15) is 27.2 Å². The van der Waals surface area contributed by atoms with E-state index >= 15 is 0 Å². The van der Waals surface area contributed by atoms with Crippen LogP contribution in [0.5, 0.6) is 0 Å². The Morgan fingerprint density at radius 1 is 1.38 bits per heavy atom. The predicted octanol–water partition coefficient (Wildman–Crippen LogP) is -0.707. The second kappa shape index (κ2) is 6.44. The van der Waals surface area contributed by atoms with Crippen molar-refractivity contribution in [1.82, 2.24) is 10.6 Å².